The van der Waals surface area contributed by atoms with E-state index in [9.17, 15) is 22.8 Å². The molecule has 2 rings (SSSR count). The molecule has 21 heavy (non-hydrogen) atoms. The highest BCUT2D eigenvalue weighted by Gasteiger charge is 2.29. The zero-order valence-electron chi connectivity index (χ0n) is 10.7. The Labute approximate surface area is 118 Å². The Hall–Kier alpha value is -2.57. The largest absolute Gasteiger partial charge is 0.416 e. The standard InChI is InChI=1S/C14H11F3N2O2/c15-14(16,17)10-3-5-11(6-4-10)18-13(21)8-19-7-1-2-12(19)9-20/h1-7,9H,8H2,(H,18,21). The molecule has 0 aliphatic rings. The van der Waals surface area contributed by atoms with Gasteiger partial charge < -0.3 is 9.88 Å². The SMILES string of the molecule is O=Cc1cccn1CC(=O)Nc1ccc(C(F)(F)F)cc1. The maximum atomic E-state index is 12.4. The molecule has 0 unspecified atom stereocenters. The van der Waals surface area contributed by atoms with Gasteiger partial charge in [0.15, 0.2) is 6.29 Å². The zero-order valence-corrected chi connectivity index (χ0v) is 10.7. The minimum absolute atomic E-state index is 0.0951. The van der Waals surface area contributed by atoms with Crippen molar-refractivity contribution in [3.05, 3.63) is 53.9 Å². The van der Waals surface area contributed by atoms with E-state index in [1.165, 1.54) is 16.7 Å². The van der Waals surface area contributed by atoms with Crippen molar-refractivity contribution in [2.45, 2.75) is 12.7 Å². The molecule has 1 N–H and O–H groups in total. The molecule has 4 nitrogen and oxygen atoms in total. The Morgan fingerprint density at radius 3 is 2.43 bits per heavy atom. The molecule has 0 bridgehead atoms. The summed E-state index contributed by atoms with van der Waals surface area (Å²) >= 11 is 0. The van der Waals surface area contributed by atoms with Crippen molar-refractivity contribution < 1.29 is 22.8 Å². The third kappa shape index (κ3) is 3.71. The van der Waals surface area contributed by atoms with Crippen LogP contribution in [-0.4, -0.2) is 16.8 Å². The fourth-order valence-electron chi connectivity index (χ4n) is 1.78. The molecule has 0 aliphatic carbocycles. The Kier molecular flexibility index (Phi) is 4.11. The number of alkyl halides is 3. The van der Waals surface area contributed by atoms with Gasteiger partial charge in [0.2, 0.25) is 5.91 Å². The van der Waals surface area contributed by atoms with Crippen molar-refractivity contribution in [3.8, 4) is 0 Å². The van der Waals surface area contributed by atoms with E-state index in [1.54, 1.807) is 18.3 Å². The Bertz CT molecular complexity index is 645. The number of rotatable bonds is 4. The van der Waals surface area contributed by atoms with E-state index in [0.717, 1.165) is 12.1 Å². The van der Waals surface area contributed by atoms with Crippen LogP contribution in [-0.2, 0) is 17.5 Å². The van der Waals surface area contributed by atoms with Gasteiger partial charge in [-0.2, -0.15) is 13.2 Å². The summed E-state index contributed by atoms with van der Waals surface area (Å²) < 4.78 is 38.6. The maximum Gasteiger partial charge on any atom is 0.416 e. The number of halogens is 3. The Balaban J connectivity index is 2.01. The minimum Gasteiger partial charge on any atom is -0.336 e. The van der Waals surface area contributed by atoms with Gasteiger partial charge in [-0.25, -0.2) is 0 Å². The van der Waals surface area contributed by atoms with E-state index in [-0.39, 0.29) is 12.2 Å². The first-order valence-corrected chi connectivity index (χ1v) is 5.97. The first-order chi connectivity index (χ1) is 9.90. The summed E-state index contributed by atoms with van der Waals surface area (Å²) in [5, 5.41) is 2.47. The lowest BCUT2D eigenvalue weighted by atomic mass is 10.2. The minimum atomic E-state index is -4.41. The van der Waals surface area contributed by atoms with Crippen LogP contribution in [0.5, 0.6) is 0 Å². The topological polar surface area (TPSA) is 51.1 Å². The predicted molar refractivity (Wildman–Crippen MR) is 69.9 cm³/mol. The van der Waals surface area contributed by atoms with Gasteiger partial charge in [-0.05, 0) is 36.4 Å². The van der Waals surface area contributed by atoms with Gasteiger partial charge in [0.1, 0.15) is 6.54 Å². The summed E-state index contributed by atoms with van der Waals surface area (Å²) in [6.07, 6.45) is -2.23. The molecule has 1 heterocycles. The lowest BCUT2D eigenvalue weighted by Gasteiger charge is -2.09. The fraction of sp³-hybridized carbons (Fsp3) is 0.143. The van der Waals surface area contributed by atoms with Crippen molar-refractivity contribution in [1.82, 2.24) is 4.57 Å². The molecule has 0 atom stereocenters. The molecule has 0 saturated heterocycles. The van der Waals surface area contributed by atoms with Crippen LogP contribution in [0.2, 0.25) is 0 Å². The number of anilines is 1. The van der Waals surface area contributed by atoms with Crippen molar-refractivity contribution >= 4 is 17.9 Å². The van der Waals surface area contributed by atoms with Crippen molar-refractivity contribution in [2.24, 2.45) is 0 Å². The molecule has 1 amide bonds. The van der Waals surface area contributed by atoms with Gasteiger partial charge in [-0.1, -0.05) is 0 Å². The quantitative estimate of drug-likeness (QED) is 0.882. The zero-order chi connectivity index (χ0) is 15.5. The summed E-state index contributed by atoms with van der Waals surface area (Å²) in [5.74, 6) is -0.436. The van der Waals surface area contributed by atoms with E-state index < -0.39 is 17.6 Å². The monoisotopic (exact) mass is 296 g/mol. The predicted octanol–water partition coefficient (Wildman–Crippen LogP) is 2.96. The second kappa shape index (κ2) is 5.82. The summed E-state index contributed by atoms with van der Waals surface area (Å²) in [4.78, 5) is 22.5. The fourth-order valence-corrected chi connectivity index (χ4v) is 1.78. The molecule has 0 fully saturated rings. The number of benzene rings is 1. The number of nitrogens with zero attached hydrogens (tertiary/aromatic N) is 1. The van der Waals surface area contributed by atoms with Crippen LogP contribution in [0.3, 0.4) is 0 Å². The number of nitrogens with one attached hydrogen (secondary N) is 1. The van der Waals surface area contributed by atoms with Gasteiger partial charge in [-0.3, -0.25) is 9.59 Å². The highest BCUT2D eigenvalue weighted by atomic mass is 19.4. The van der Waals surface area contributed by atoms with Crippen LogP contribution in [0.4, 0.5) is 18.9 Å². The first-order valence-electron chi connectivity index (χ1n) is 5.97. The van der Waals surface area contributed by atoms with E-state index in [2.05, 4.69) is 5.32 Å². The third-order valence-electron chi connectivity index (χ3n) is 2.80. The summed E-state index contributed by atoms with van der Waals surface area (Å²) in [7, 11) is 0. The molecular weight excluding hydrogens is 285 g/mol. The highest BCUT2D eigenvalue weighted by Crippen LogP contribution is 2.29. The number of amides is 1. The smallest absolute Gasteiger partial charge is 0.336 e. The number of aldehydes is 1. The van der Waals surface area contributed by atoms with Gasteiger partial charge in [-0.15, -0.1) is 0 Å². The Morgan fingerprint density at radius 1 is 1.19 bits per heavy atom. The molecule has 1 aromatic carbocycles. The van der Waals surface area contributed by atoms with E-state index >= 15 is 0 Å². The van der Waals surface area contributed by atoms with Crippen LogP contribution in [0.25, 0.3) is 0 Å². The van der Waals surface area contributed by atoms with E-state index in [0.29, 0.717) is 12.0 Å². The maximum absolute atomic E-state index is 12.4. The molecule has 2 aromatic rings. The average Bonchev–Trinajstić information content (AvgIpc) is 2.85. The third-order valence-corrected chi connectivity index (χ3v) is 2.80. The van der Waals surface area contributed by atoms with Crippen LogP contribution >= 0.6 is 0 Å². The van der Waals surface area contributed by atoms with Crippen LogP contribution in [0, 0.1) is 0 Å². The first kappa shape index (κ1) is 14.8. The summed E-state index contributed by atoms with van der Waals surface area (Å²) in [6, 6.07) is 7.31. The number of hydrogen-bond acceptors (Lipinski definition) is 2. The van der Waals surface area contributed by atoms with E-state index in [1.807, 2.05) is 0 Å². The lowest BCUT2D eigenvalue weighted by Crippen LogP contribution is -2.19. The molecule has 1 aromatic heterocycles. The second-order valence-corrected chi connectivity index (χ2v) is 4.30. The lowest BCUT2D eigenvalue weighted by molar-refractivity contribution is -0.137. The number of carbonyl (C=O) groups is 2. The molecule has 7 heteroatoms. The number of carbonyl (C=O) groups excluding carboxylic acids is 2. The van der Waals surface area contributed by atoms with Crippen LogP contribution in [0.1, 0.15) is 16.1 Å². The van der Waals surface area contributed by atoms with Gasteiger partial charge in [0.05, 0.1) is 11.3 Å². The van der Waals surface area contributed by atoms with Gasteiger partial charge in [0.25, 0.3) is 0 Å². The Morgan fingerprint density at radius 2 is 1.86 bits per heavy atom. The van der Waals surface area contributed by atoms with Crippen molar-refractivity contribution in [2.75, 3.05) is 5.32 Å². The van der Waals surface area contributed by atoms with E-state index in [4.69, 9.17) is 0 Å². The van der Waals surface area contributed by atoms with Crippen LogP contribution in [0.15, 0.2) is 42.6 Å². The van der Waals surface area contributed by atoms with Crippen molar-refractivity contribution in [1.29, 1.82) is 0 Å². The molecule has 0 spiro atoms. The molecule has 0 aliphatic heterocycles. The normalized spacial score (nSPS) is 11.2. The number of aromatic nitrogens is 1. The number of hydrogen-bond donors (Lipinski definition) is 1. The highest BCUT2D eigenvalue weighted by molar-refractivity contribution is 5.91. The summed E-state index contributed by atoms with van der Waals surface area (Å²) in [6.45, 7) is -0.0951. The average molecular weight is 296 g/mol. The summed E-state index contributed by atoms with van der Waals surface area (Å²) in [5.41, 5.74) is -0.181. The molecule has 110 valence electrons. The molecule has 0 saturated carbocycles. The molecular formula is C14H11F3N2O2. The van der Waals surface area contributed by atoms with Crippen molar-refractivity contribution in [3.63, 3.8) is 0 Å². The van der Waals surface area contributed by atoms with Gasteiger partial charge in [0, 0.05) is 11.9 Å². The van der Waals surface area contributed by atoms with Crippen LogP contribution < -0.4 is 5.32 Å². The van der Waals surface area contributed by atoms with Gasteiger partial charge >= 0.3 is 6.18 Å². The second-order valence-electron chi connectivity index (χ2n) is 4.30. The molecule has 0 radical (unpaired) electrons.